The Bertz CT molecular complexity index is 1020. The van der Waals surface area contributed by atoms with Gasteiger partial charge in [0.2, 0.25) is 5.91 Å². The minimum absolute atomic E-state index is 0.0842. The van der Waals surface area contributed by atoms with Crippen LogP contribution < -0.4 is 4.90 Å². The second kappa shape index (κ2) is 7.44. The molecule has 144 valence electrons. The van der Waals surface area contributed by atoms with E-state index in [0.29, 0.717) is 11.1 Å². The zero-order valence-electron chi connectivity index (χ0n) is 15.4. The van der Waals surface area contributed by atoms with E-state index >= 15 is 0 Å². The van der Waals surface area contributed by atoms with Crippen molar-refractivity contribution in [3.8, 4) is 17.3 Å². The number of hydrogen-bond donors (Lipinski definition) is 0. The first-order chi connectivity index (χ1) is 13.2. The molecule has 1 aromatic carbocycles. The van der Waals surface area contributed by atoms with Crippen molar-refractivity contribution in [3.63, 3.8) is 0 Å². The van der Waals surface area contributed by atoms with Crippen LogP contribution in [0.3, 0.4) is 0 Å². The van der Waals surface area contributed by atoms with Crippen molar-refractivity contribution in [2.24, 2.45) is 0 Å². The van der Waals surface area contributed by atoms with Crippen LogP contribution in [0.25, 0.3) is 11.3 Å². The van der Waals surface area contributed by atoms with Crippen LogP contribution in [0.1, 0.15) is 18.1 Å². The molecule has 1 fully saturated rings. The number of aromatic nitrogens is 1. The number of nitriles is 1. The molecule has 1 saturated heterocycles. The Morgan fingerprint density at radius 3 is 2.79 bits per heavy atom. The number of nitrogens with zero attached hydrogens (tertiary/aromatic N) is 4. The number of hydrogen-bond acceptors (Lipinski definition) is 5. The molecule has 0 bridgehead atoms. The first kappa shape index (κ1) is 19.6. The van der Waals surface area contributed by atoms with Gasteiger partial charge in [-0.15, -0.1) is 0 Å². The van der Waals surface area contributed by atoms with Gasteiger partial charge in [0.15, 0.2) is 6.23 Å². The quantitative estimate of drug-likeness (QED) is 0.733. The average molecular weight is 403 g/mol. The molecule has 2 heterocycles. The first-order valence-corrected chi connectivity index (χ1v) is 8.69. The van der Waals surface area contributed by atoms with Gasteiger partial charge in [0, 0.05) is 25.1 Å². The number of benzene rings is 1. The number of cyclic esters (lactones) is 1. The average Bonchev–Trinajstić information content (AvgIpc) is 3.04. The summed E-state index contributed by atoms with van der Waals surface area (Å²) in [6.07, 6.45) is -1.42. The molecule has 7 nitrogen and oxygen atoms in total. The van der Waals surface area contributed by atoms with Crippen LogP contribution in [-0.4, -0.2) is 41.7 Å². The lowest BCUT2D eigenvalue weighted by molar-refractivity contribution is -0.134. The molecular formula is C19H16ClFN4O3. The van der Waals surface area contributed by atoms with Gasteiger partial charge < -0.3 is 9.64 Å². The summed E-state index contributed by atoms with van der Waals surface area (Å²) in [6.45, 7) is 3.10. The van der Waals surface area contributed by atoms with E-state index in [0.717, 1.165) is 0 Å². The standard InChI is InChI=1S/C19H16ClFN4O3/c1-10-12(8-22)6-16(23-18(10)20)14-5-4-13(7-15(14)21)25-9-17(28-19(25)27)24(3)11(2)26/h4-7,17H,9H2,1-3H3/t17-/m0/s1. The third-order valence-electron chi connectivity index (χ3n) is 4.60. The number of anilines is 1. The normalized spacial score (nSPS) is 15.9. The summed E-state index contributed by atoms with van der Waals surface area (Å²) in [5, 5.41) is 9.31. The zero-order valence-corrected chi connectivity index (χ0v) is 16.1. The van der Waals surface area contributed by atoms with Crippen LogP contribution in [0, 0.1) is 24.1 Å². The number of likely N-dealkylation sites (N-methyl/N-ethyl adjacent to an activating group) is 1. The highest BCUT2D eigenvalue weighted by molar-refractivity contribution is 6.30. The van der Waals surface area contributed by atoms with Crippen LogP contribution in [0.5, 0.6) is 0 Å². The lowest BCUT2D eigenvalue weighted by atomic mass is 10.1. The van der Waals surface area contributed by atoms with E-state index in [1.165, 1.54) is 48.0 Å². The summed E-state index contributed by atoms with van der Waals surface area (Å²) in [7, 11) is 1.52. The minimum Gasteiger partial charge on any atom is -0.423 e. The van der Waals surface area contributed by atoms with Crippen LogP contribution in [0.15, 0.2) is 24.3 Å². The monoisotopic (exact) mass is 402 g/mol. The molecule has 9 heteroatoms. The highest BCUT2D eigenvalue weighted by atomic mass is 35.5. The first-order valence-electron chi connectivity index (χ1n) is 8.31. The van der Waals surface area contributed by atoms with E-state index in [1.54, 1.807) is 6.92 Å². The second-order valence-electron chi connectivity index (χ2n) is 6.33. The predicted molar refractivity (Wildman–Crippen MR) is 100 cm³/mol. The smallest absolute Gasteiger partial charge is 0.416 e. The molecule has 0 unspecified atom stereocenters. The summed E-state index contributed by atoms with van der Waals surface area (Å²) in [5.74, 6) is -0.887. The van der Waals surface area contributed by atoms with Crippen LogP contribution >= 0.6 is 11.6 Å². The number of halogens is 2. The van der Waals surface area contributed by atoms with E-state index < -0.39 is 18.1 Å². The number of rotatable bonds is 3. The number of pyridine rings is 1. The van der Waals surface area contributed by atoms with Crippen molar-refractivity contribution in [2.45, 2.75) is 20.1 Å². The molecule has 1 aromatic heterocycles. The van der Waals surface area contributed by atoms with E-state index in [4.69, 9.17) is 16.3 Å². The molecule has 0 aliphatic carbocycles. The molecule has 0 radical (unpaired) electrons. The fourth-order valence-electron chi connectivity index (χ4n) is 2.77. The SMILES string of the molecule is CC(=O)N(C)[C@@H]1CN(c2ccc(-c3cc(C#N)c(C)c(Cl)n3)c(F)c2)C(=O)O1. The number of carbonyl (C=O) groups is 2. The third kappa shape index (κ3) is 3.49. The third-order valence-corrected chi connectivity index (χ3v) is 4.97. The van der Waals surface area contributed by atoms with Crippen LogP contribution in [0.4, 0.5) is 14.9 Å². The molecule has 28 heavy (non-hydrogen) atoms. The Morgan fingerprint density at radius 2 is 2.18 bits per heavy atom. The molecule has 3 rings (SSSR count). The van der Waals surface area contributed by atoms with Gasteiger partial charge in [-0.1, -0.05) is 11.6 Å². The molecule has 1 atom stereocenters. The topological polar surface area (TPSA) is 86.5 Å². The lowest BCUT2D eigenvalue weighted by Gasteiger charge is -2.20. The van der Waals surface area contributed by atoms with Crippen molar-refractivity contribution in [1.82, 2.24) is 9.88 Å². The Balaban J connectivity index is 1.92. The summed E-state index contributed by atoms with van der Waals surface area (Å²) in [4.78, 5) is 30.3. The van der Waals surface area contributed by atoms with Gasteiger partial charge in [-0.2, -0.15) is 5.26 Å². The Hall–Kier alpha value is -3.18. The lowest BCUT2D eigenvalue weighted by Crippen LogP contribution is -2.38. The van der Waals surface area contributed by atoms with Gasteiger partial charge in [0.25, 0.3) is 0 Å². The largest absolute Gasteiger partial charge is 0.423 e. The molecule has 0 spiro atoms. The summed E-state index contributed by atoms with van der Waals surface area (Å²) < 4.78 is 19.9. The Morgan fingerprint density at radius 1 is 1.46 bits per heavy atom. The summed E-state index contributed by atoms with van der Waals surface area (Å²) in [5.41, 5.74) is 1.47. The van der Waals surface area contributed by atoms with Crippen molar-refractivity contribution in [2.75, 3.05) is 18.5 Å². The minimum atomic E-state index is -0.747. The highest BCUT2D eigenvalue weighted by Gasteiger charge is 2.36. The fourth-order valence-corrected chi connectivity index (χ4v) is 2.97. The van der Waals surface area contributed by atoms with Crippen LogP contribution in [0.2, 0.25) is 5.15 Å². The van der Waals surface area contributed by atoms with Crippen molar-refractivity contribution in [1.29, 1.82) is 5.26 Å². The maximum absolute atomic E-state index is 14.8. The fraction of sp³-hybridized carbons (Fsp3) is 0.263. The second-order valence-corrected chi connectivity index (χ2v) is 6.68. The molecule has 1 aliphatic rings. The Kier molecular flexibility index (Phi) is 5.21. The highest BCUT2D eigenvalue weighted by Crippen LogP contribution is 2.30. The summed E-state index contributed by atoms with van der Waals surface area (Å²) >= 11 is 6.04. The van der Waals surface area contributed by atoms with Crippen molar-refractivity contribution < 1.29 is 18.7 Å². The van der Waals surface area contributed by atoms with E-state index in [1.807, 2.05) is 6.07 Å². The van der Waals surface area contributed by atoms with E-state index in [-0.39, 0.29) is 34.5 Å². The molecule has 1 aliphatic heterocycles. The molecular weight excluding hydrogens is 387 g/mol. The van der Waals surface area contributed by atoms with Crippen LogP contribution in [-0.2, 0) is 9.53 Å². The van der Waals surface area contributed by atoms with E-state index in [2.05, 4.69) is 4.98 Å². The summed E-state index contributed by atoms with van der Waals surface area (Å²) in [6, 6.07) is 7.63. The molecule has 2 amide bonds. The number of amides is 2. The molecule has 0 N–H and O–H groups in total. The van der Waals surface area contributed by atoms with Gasteiger partial charge in [0.1, 0.15) is 11.0 Å². The van der Waals surface area contributed by atoms with Gasteiger partial charge in [-0.3, -0.25) is 9.69 Å². The van der Waals surface area contributed by atoms with Gasteiger partial charge >= 0.3 is 6.09 Å². The van der Waals surface area contributed by atoms with Gasteiger partial charge in [0.05, 0.1) is 29.6 Å². The number of ether oxygens (including phenoxy) is 1. The Labute approximate surface area is 165 Å². The maximum Gasteiger partial charge on any atom is 0.416 e. The molecule has 2 aromatic rings. The predicted octanol–water partition coefficient (Wildman–Crippen LogP) is 3.48. The van der Waals surface area contributed by atoms with Crippen molar-refractivity contribution >= 4 is 29.3 Å². The molecule has 0 saturated carbocycles. The van der Waals surface area contributed by atoms with E-state index in [9.17, 15) is 19.2 Å². The maximum atomic E-state index is 14.8. The van der Waals surface area contributed by atoms with Crippen molar-refractivity contribution in [3.05, 3.63) is 46.4 Å². The number of carbonyl (C=O) groups excluding carboxylic acids is 2. The van der Waals surface area contributed by atoms with Gasteiger partial charge in [-0.25, -0.2) is 14.2 Å². The zero-order chi connectivity index (χ0) is 20.6. The van der Waals surface area contributed by atoms with Gasteiger partial charge in [-0.05, 0) is 31.2 Å².